The summed E-state index contributed by atoms with van der Waals surface area (Å²) in [4.78, 5) is 0. The van der Waals surface area contributed by atoms with Crippen LogP contribution in [-0.2, 0) is 13.6 Å². The van der Waals surface area contributed by atoms with Crippen LogP contribution in [0.25, 0.3) is 0 Å². The molecule has 0 spiro atoms. The van der Waals surface area contributed by atoms with Gasteiger partial charge in [-0.15, -0.1) is 0 Å². The highest BCUT2D eigenvalue weighted by Gasteiger charge is 2.24. The molecule has 0 unspecified atom stereocenters. The highest BCUT2D eigenvalue weighted by Crippen LogP contribution is 2.37. The van der Waals surface area contributed by atoms with Crippen molar-refractivity contribution in [1.29, 1.82) is 0 Å². The van der Waals surface area contributed by atoms with Gasteiger partial charge in [-0.05, 0) is 55.4 Å². The highest BCUT2D eigenvalue weighted by molar-refractivity contribution is 7.33. The Morgan fingerprint density at radius 1 is 0.833 bits per heavy atom. The molecule has 3 nitrogen and oxygen atoms in total. The van der Waals surface area contributed by atoms with Crippen LogP contribution >= 0.6 is 8.25 Å². The first kappa shape index (κ1) is 17.6. The number of allylic oxidation sites excluding steroid dienone is 2. The zero-order valence-corrected chi connectivity index (χ0v) is 13.9. The highest BCUT2D eigenvalue weighted by atomic mass is 31.1. The Morgan fingerprint density at radius 3 is 1.33 bits per heavy atom. The minimum atomic E-state index is -2.53. The number of hydrogen-bond acceptors (Lipinski definition) is 3. The van der Waals surface area contributed by atoms with E-state index >= 15 is 0 Å². The molecule has 0 aliphatic rings. The zero-order valence-electron chi connectivity index (χ0n) is 12.9. The van der Waals surface area contributed by atoms with Crippen molar-refractivity contribution in [3.05, 3.63) is 23.3 Å². The van der Waals surface area contributed by atoms with E-state index in [0.717, 1.165) is 11.1 Å². The summed E-state index contributed by atoms with van der Waals surface area (Å²) in [5.41, 5.74) is 1.10. The molecule has 0 N–H and O–H groups in total. The Bertz CT molecular complexity index is 323. The second kappa shape index (κ2) is 6.70. The van der Waals surface area contributed by atoms with Gasteiger partial charge in [-0.1, -0.05) is 23.3 Å². The van der Waals surface area contributed by atoms with Crippen LogP contribution in [0.4, 0.5) is 0 Å². The zero-order chi connectivity index (χ0) is 14.6. The van der Waals surface area contributed by atoms with Gasteiger partial charge in [-0.2, -0.15) is 0 Å². The van der Waals surface area contributed by atoms with Crippen molar-refractivity contribution >= 4 is 8.25 Å². The molecule has 0 rings (SSSR count). The lowest BCUT2D eigenvalue weighted by Gasteiger charge is -2.26. The topological polar surface area (TPSA) is 35.5 Å². The lowest BCUT2D eigenvalue weighted by Crippen LogP contribution is -2.22. The summed E-state index contributed by atoms with van der Waals surface area (Å²) in [5.74, 6) is 0. The quantitative estimate of drug-likeness (QED) is 0.510. The Labute approximate surface area is 112 Å². The Balaban J connectivity index is 4.63. The predicted molar refractivity (Wildman–Crippen MR) is 78.2 cm³/mol. The maximum absolute atomic E-state index is 11.9. The molecule has 0 aliphatic heterocycles. The average molecular weight is 274 g/mol. The fourth-order valence-electron chi connectivity index (χ4n) is 1.90. The number of hydrogen-bond donors (Lipinski definition) is 0. The first-order valence-corrected chi connectivity index (χ1v) is 7.40. The van der Waals surface area contributed by atoms with E-state index in [2.05, 4.69) is 0 Å². The largest absolute Gasteiger partial charge is 0.320 e. The summed E-state index contributed by atoms with van der Waals surface area (Å²) in [6, 6.07) is 0. The summed E-state index contributed by atoms with van der Waals surface area (Å²) in [6.07, 6.45) is 3.87. The van der Waals surface area contributed by atoms with Gasteiger partial charge in [0.05, 0.1) is 11.2 Å². The summed E-state index contributed by atoms with van der Waals surface area (Å²) in [5, 5.41) is 0. The lowest BCUT2D eigenvalue weighted by atomic mass is 10.1. The normalized spacial score (nSPS) is 12.5. The molecular weight excluding hydrogens is 247 g/mol. The summed E-state index contributed by atoms with van der Waals surface area (Å²) < 4.78 is 22.9. The molecule has 0 aromatic heterocycles. The second-order valence-corrected chi connectivity index (χ2v) is 7.01. The van der Waals surface area contributed by atoms with E-state index in [1.807, 2.05) is 67.5 Å². The fourth-order valence-corrected chi connectivity index (χ4v) is 2.92. The van der Waals surface area contributed by atoms with Crippen LogP contribution in [0.15, 0.2) is 23.3 Å². The van der Waals surface area contributed by atoms with E-state index in [1.54, 1.807) is 0 Å². The van der Waals surface area contributed by atoms with Crippen LogP contribution < -0.4 is 0 Å². The van der Waals surface area contributed by atoms with Gasteiger partial charge in [0.1, 0.15) is 0 Å². The van der Waals surface area contributed by atoms with E-state index in [0.29, 0.717) is 0 Å². The summed E-state index contributed by atoms with van der Waals surface area (Å²) in [6.45, 7) is 15.4. The third-order valence-corrected chi connectivity index (χ3v) is 3.35. The van der Waals surface area contributed by atoms with Crippen molar-refractivity contribution in [2.24, 2.45) is 0 Å². The van der Waals surface area contributed by atoms with Gasteiger partial charge in [0.15, 0.2) is 0 Å². The van der Waals surface area contributed by atoms with E-state index in [-0.39, 0.29) is 0 Å². The van der Waals surface area contributed by atoms with Gasteiger partial charge in [0.2, 0.25) is 0 Å². The Kier molecular flexibility index (Phi) is 6.56. The van der Waals surface area contributed by atoms with E-state index in [4.69, 9.17) is 9.05 Å². The van der Waals surface area contributed by atoms with Crippen molar-refractivity contribution < 1.29 is 13.6 Å². The summed E-state index contributed by atoms with van der Waals surface area (Å²) >= 11 is 0. The Morgan fingerprint density at radius 2 is 1.11 bits per heavy atom. The van der Waals surface area contributed by atoms with Crippen molar-refractivity contribution in [3.8, 4) is 0 Å². The first-order chi connectivity index (χ1) is 7.93. The van der Waals surface area contributed by atoms with E-state index in [9.17, 15) is 4.57 Å². The summed E-state index contributed by atoms with van der Waals surface area (Å²) in [7, 11) is -2.53. The lowest BCUT2D eigenvalue weighted by molar-refractivity contribution is 0.0897. The third-order valence-electron chi connectivity index (χ3n) is 1.97. The van der Waals surface area contributed by atoms with Gasteiger partial charge in [0, 0.05) is 0 Å². The first-order valence-electron chi connectivity index (χ1n) is 6.18. The van der Waals surface area contributed by atoms with Crippen molar-refractivity contribution in [2.75, 3.05) is 0 Å². The molecule has 0 saturated heterocycles. The van der Waals surface area contributed by atoms with Gasteiger partial charge < -0.3 is 9.05 Å². The number of rotatable bonds is 6. The molecule has 4 heteroatoms. The van der Waals surface area contributed by atoms with Gasteiger partial charge >= 0.3 is 8.25 Å². The molecule has 0 aromatic rings. The molecule has 0 atom stereocenters. The van der Waals surface area contributed by atoms with E-state index < -0.39 is 19.5 Å². The third kappa shape index (κ3) is 8.68. The SMILES string of the molecule is CC(C)=CC(C)(C)O[PH](=O)OC(C)(C)C=C(C)C. The van der Waals surface area contributed by atoms with Crippen LogP contribution in [0.2, 0.25) is 0 Å². The molecule has 0 amide bonds. The molecule has 0 heterocycles. The monoisotopic (exact) mass is 274 g/mol. The van der Waals surface area contributed by atoms with Crippen LogP contribution in [0, 0.1) is 0 Å². The maximum atomic E-state index is 11.9. The molecule has 0 aliphatic carbocycles. The molecule has 18 heavy (non-hydrogen) atoms. The molecule has 0 bridgehead atoms. The van der Waals surface area contributed by atoms with Crippen LogP contribution in [0.5, 0.6) is 0 Å². The smallest absolute Gasteiger partial charge is 0.300 e. The minimum Gasteiger partial charge on any atom is -0.300 e. The standard InChI is InChI=1S/C14H27O3P/c1-11(2)9-13(5,6)16-18(15)17-14(7,8)10-12(3)4/h9-10,18H,1-8H3. The van der Waals surface area contributed by atoms with Crippen LogP contribution in [0.1, 0.15) is 55.4 Å². The van der Waals surface area contributed by atoms with Crippen molar-refractivity contribution in [1.82, 2.24) is 0 Å². The van der Waals surface area contributed by atoms with Gasteiger partial charge in [0.25, 0.3) is 0 Å². The van der Waals surface area contributed by atoms with Gasteiger partial charge in [-0.25, -0.2) is 0 Å². The van der Waals surface area contributed by atoms with Gasteiger partial charge in [-0.3, -0.25) is 4.57 Å². The van der Waals surface area contributed by atoms with Crippen molar-refractivity contribution in [3.63, 3.8) is 0 Å². The minimum absolute atomic E-state index is 0.573. The Hall–Kier alpha value is -0.370. The van der Waals surface area contributed by atoms with Crippen LogP contribution in [-0.4, -0.2) is 11.2 Å². The van der Waals surface area contributed by atoms with Crippen LogP contribution in [0.3, 0.4) is 0 Å². The molecule has 0 aromatic carbocycles. The average Bonchev–Trinajstić information content (AvgIpc) is 1.92. The molecule has 0 radical (unpaired) electrons. The van der Waals surface area contributed by atoms with E-state index in [1.165, 1.54) is 0 Å². The molecule has 106 valence electrons. The molecule has 0 fully saturated rings. The maximum Gasteiger partial charge on any atom is 0.320 e. The van der Waals surface area contributed by atoms with Crippen molar-refractivity contribution in [2.45, 2.75) is 66.6 Å². The molecular formula is C14H27O3P. The molecule has 0 saturated carbocycles. The fraction of sp³-hybridized carbons (Fsp3) is 0.714. The second-order valence-electron chi connectivity index (χ2n) is 6.10. The predicted octanol–water partition coefficient (Wildman–Crippen LogP) is 4.90.